The van der Waals surface area contributed by atoms with Crippen molar-refractivity contribution in [1.29, 1.82) is 0 Å². The highest BCUT2D eigenvalue weighted by atomic mass is 19.1. The van der Waals surface area contributed by atoms with E-state index < -0.39 is 12.1 Å². The second-order valence-electron chi connectivity index (χ2n) is 6.28. The molecule has 1 saturated heterocycles. The molecule has 2 atom stereocenters. The van der Waals surface area contributed by atoms with Gasteiger partial charge in [0.05, 0.1) is 13.7 Å². The van der Waals surface area contributed by atoms with Crippen molar-refractivity contribution in [3.63, 3.8) is 0 Å². The van der Waals surface area contributed by atoms with Crippen LogP contribution >= 0.6 is 0 Å². The summed E-state index contributed by atoms with van der Waals surface area (Å²) in [5.41, 5.74) is 0.477. The lowest BCUT2D eigenvalue weighted by Crippen LogP contribution is -2.48. The summed E-state index contributed by atoms with van der Waals surface area (Å²) < 4.78 is 23.6. The Balaban J connectivity index is 2.11. The predicted molar refractivity (Wildman–Crippen MR) is 92.0 cm³/mol. The molecule has 1 aromatic rings. The van der Waals surface area contributed by atoms with E-state index in [4.69, 9.17) is 9.47 Å². The van der Waals surface area contributed by atoms with E-state index in [2.05, 4.69) is 0 Å². The van der Waals surface area contributed by atoms with Crippen LogP contribution in [0.5, 0.6) is 0 Å². The molecule has 0 aromatic heterocycles. The molecule has 0 aliphatic carbocycles. The molecular formula is C19H24FNO5. The van der Waals surface area contributed by atoms with Crippen molar-refractivity contribution in [2.45, 2.75) is 38.6 Å². The van der Waals surface area contributed by atoms with Gasteiger partial charge in [0.1, 0.15) is 18.0 Å². The summed E-state index contributed by atoms with van der Waals surface area (Å²) in [6.07, 6.45) is 0.319. The van der Waals surface area contributed by atoms with Gasteiger partial charge in [0, 0.05) is 18.5 Å². The number of ether oxygens (including phenoxy) is 2. The minimum Gasteiger partial charge on any atom is -0.466 e. The third-order valence-electron chi connectivity index (χ3n) is 4.62. The fraction of sp³-hybridized carbons (Fsp3) is 0.526. The van der Waals surface area contributed by atoms with E-state index in [1.165, 1.54) is 18.1 Å². The highest BCUT2D eigenvalue weighted by Crippen LogP contribution is 2.28. The number of rotatable bonds is 6. The van der Waals surface area contributed by atoms with Gasteiger partial charge in [-0.1, -0.05) is 18.2 Å². The quantitative estimate of drug-likeness (QED) is 0.572. The second-order valence-corrected chi connectivity index (χ2v) is 6.28. The zero-order chi connectivity index (χ0) is 19.1. The number of nitrogens with zero attached hydrogens (tertiary/aromatic N) is 1. The Kier molecular flexibility index (Phi) is 7.12. The van der Waals surface area contributed by atoms with Gasteiger partial charge in [-0.2, -0.15) is 0 Å². The van der Waals surface area contributed by atoms with Crippen molar-refractivity contribution >= 4 is 17.8 Å². The third-order valence-corrected chi connectivity index (χ3v) is 4.62. The average molecular weight is 365 g/mol. The van der Waals surface area contributed by atoms with Crippen molar-refractivity contribution in [1.82, 2.24) is 4.90 Å². The van der Waals surface area contributed by atoms with Gasteiger partial charge in [-0.15, -0.1) is 0 Å². The number of piperidine rings is 1. The molecule has 1 amide bonds. The van der Waals surface area contributed by atoms with Crippen LogP contribution in [0.25, 0.3) is 0 Å². The summed E-state index contributed by atoms with van der Waals surface area (Å²) in [6.45, 7) is 2.23. The molecule has 0 unspecified atom stereocenters. The lowest BCUT2D eigenvalue weighted by atomic mass is 9.84. The van der Waals surface area contributed by atoms with Gasteiger partial charge in [-0.25, -0.2) is 9.18 Å². The molecule has 6 nitrogen and oxygen atoms in total. The monoisotopic (exact) mass is 365 g/mol. The summed E-state index contributed by atoms with van der Waals surface area (Å²) in [7, 11) is 1.29. The van der Waals surface area contributed by atoms with Crippen LogP contribution in [0.4, 0.5) is 9.18 Å². The van der Waals surface area contributed by atoms with Crippen LogP contribution in [-0.2, 0) is 25.5 Å². The molecule has 1 aliphatic heterocycles. The number of ketones is 1. The van der Waals surface area contributed by atoms with Gasteiger partial charge in [-0.05, 0) is 37.8 Å². The molecule has 0 bridgehead atoms. The highest BCUT2D eigenvalue weighted by Gasteiger charge is 2.36. The van der Waals surface area contributed by atoms with Crippen molar-refractivity contribution in [3.05, 3.63) is 35.6 Å². The first-order chi connectivity index (χ1) is 12.5. The average Bonchev–Trinajstić information content (AvgIpc) is 2.63. The van der Waals surface area contributed by atoms with E-state index >= 15 is 0 Å². The SMILES string of the molecule is CCOC(=O)CC(=O)[C@H]1CCN(C(=O)OC)[C@@H](Cc2ccccc2F)C1. The minimum atomic E-state index is -0.543. The van der Waals surface area contributed by atoms with Gasteiger partial charge in [0.25, 0.3) is 0 Å². The van der Waals surface area contributed by atoms with Gasteiger partial charge >= 0.3 is 12.1 Å². The first kappa shape index (κ1) is 19.9. The van der Waals surface area contributed by atoms with Crippen molar-refractivity contribution in [2.24, 2.45) is 5.92 Å². The third kappa shape index (κ3) is 5.03. The fourth-order valence-electron chi connectivity index (χ4n) is 3.31. The number of Topliss-reactive ketones (excluding diaryl/α,β-unsaturated/α-hetero) is 1. The Bertz CT molecular complexity index is 663. The van der Waals surface area contributed by atoms with E-state index in [-0.39, 0.29) is 43.0 Å². The maximum absolute atomic E-state index is 14.0. The minimum absolute atomic E-state index is 0.202. The standard InChI is InChI=1S/C19H24FNO5/c1-3-26-18(23)12-17(22)14-8-9-21(19(24)25-2)15(11-14)10-13-6-4-5-7-16(13)20/h4-7,14-15H,3,8-12H2,1-2H3/t14-,15-/m0/s1. The molecule has 26 heavy (non-hydrogen) atoms. The Morgan fingerprint density at radius 2 is 2.00 bits per heavy atom. The summed E-state index contributed by atoms with van der Waals surface area (Å²) >= 11 is 0. The number of carbonyl (C=O) groups excluding carboxylic acids is 3. The van der Waals surface area contributed by atoms with Gasteiger partial charge in [0.15, 0.2) is 0 Å². The van der Waals surface area contributed by atoms with Crippen LogP contribution < -0.4 is 0 Å². The topological polar surface area (TPSA) is 72.9 Å². The number of likely N-dealkylation sites (tertiary alicyclic amines) is 1. The number of hydrogen-bond acceptors (Lipinski definition) is 5. The Morgan fingerprint density at radius 3 is 2.65 bits per heavy atom. The van der Waals surface area contributed by atoms with Gasteiger partial charge in [0.2, 0.25) is 0 Å². The van der Waals surface area contributed by atoms with E-state index in [9.17, 15) is 18.8 Å². The van der Waals surface area contributed by atoms with Crippen LogP contribution in [0.1, 0.15) is 31.7 Å². The molecule has 1 aliphatic rings. The Labute approximate surface area is 152 Å². The lowest BCUT2D eigenvalue weighted by Gasteiger charge is -2.38. The predicted octanol–water partition coefficient (Wildman–Crippen LogP) is 2.74. The number of esters is 1. The number of carbonyl (C=O) groups is 3. The molecule has 7 heteroatoms. The molecule has 0 saturated carbocycles. The summed E-state index contributed by atoms with van der Waals surface area (Å²) in [4.78, 5) is 37.5. The van der Waals surface area contributed by atoms with Crippen LogP contribution in [0.3, 0.4) is 0 Å². The maximum Gasteiger partial charge on any atom is 0.409 e. The number of benzene rings is 1. The first-order valence-corrected chi connectivity index (χ1v) is 8.72. The molecule has 1 fully saturated rings. The molecule has 1 heterocycles. The van der Waals surface area contributed by atoms with Crippen LogP contribution in [0, 0.1) is 11.7 Å². The van der Waals surface area contributed by atoms with Gasteiger partial charge in [-0.3, -0.25) is 9.59 Å². The summed E-state index contributed by atoms with van der Waals surface area (Å²) in [5, 5.41) is 0. The zero-order valence-electron chi connectivity index (χ0n) is 15.1. The molecule has 142 valence electrons. The summed E-state index contributed by atoms with van der Waals surface area (Å²) in [5.74, 6) is -1.46. The number of halogens is 1. The lowest BCUT2D eigenvalue weighted by molar-refractivity contribution is -0.146. The summed E-state index contributed by atoms with van der Waals surface area (Å²) in [6, 6.07) is 5.99. The molecule has 0 radical (unpaired) electrons. The zero-order valence-corrected chi connectivity index (χ0v) is 15.1. The number of methoxy groups -OCH3 is 1. The van der Waals surface area contributed by atoms with Crippen molar-refractivity contribution in [2.75, 3.05) is 20.3 Å². The molecule has 1 aromatic carbocycles. The normalized spacial score (nSPS) is 19.7. The first-order valence-electron chi connectivity index (χ1n) is 8.72. The number of hydrogen-bond donors (Lipinski definition) is 0. The largest absolute Gasteiger partial charge is 0.466 e. The number of amides is 1. The van der Waals surface area contributed by atoms with E-state index in [1.807, 2.05) is 0 Å². The van der Waals surface area contributed by atoms with Crippen LogP contribution in [0.15, 0.2) is 24.3 Å². The fourth-order valence-corrected chi connectivity index (χ4v) is 3.31. The van der Waals surface area contributed by atoms with Crippen molar-refractivity contribution < 1.29 is 28.2 Å². The molecule has 2 rings (SSSR count). The van der Waals surface area contributed by atoms with E-state index in [1.54, 1.807) is 25.1 Å². The van der Waals surface area contributed by atoms with Crippen molar-refractivity contribution in [3.8, 4) is 0 Å². The van der Waals surface area contributed by atoms with Crippen LogP contribution in [-0.4, -0.2) is 49.0 Å². The van der Waals surface area contributed by atoms with E-state index in [0.29, 0.717) is 24.9 Å². The second kappa shape index (κ2) is 9.31. The van der Waals surface area contributed by atoms with E-state index in [0.717, 1.165) is 0 Å². The van der Waals surface area contributed by atoms with Gasteiger partial charge < -0.3 is 14.4 Å². The van der Waals surface area contributed by atoms with Crippen LogP contribution in [0.2, 0.25) is 0 Å². The Morgan fingerprint density at radius 1 is 1.27 bits per heavy atom. The molecule has 0 spiro atoms. The Hall–Kier alpha value is -2.44. The maximum atomic E-state index is 14.0. The molecular weight excluding hydrogens is 341 g/mol. The molecule has 0 N–H and O–H groups in total. The smallest absolute Gasteiger partial charge is 0.409 e. The highest BCUT2D eigenvalue weighted by molar-refractivity contribution is 5.96.